The van der Waals surface area contributed by atoms with Gasteiger partial charge in [0.05, 0.1) is 19.8 Å². The molecule has 1 aliphatic carbocycles. The predicted molar refractivity (Wildman–Crippen MR) is 102 cm³/mol. The summed E-state index contributed by atoms with van der Waals surface area (Å²) in [5.41, 5.74) is 0.299. The molecule has 148 valence electrons. The molecule has 2 aromatic carbocycles. The zero-order valence-corrected chi connectivity index (χ0v) is 15.8. The predicted octanol–water partition coefficient (Wildman–Crippen LogP) is 3.51. The summed E-state index contributed by atoms with van der Waals surface area (Å²) < 4.78 is 24.7. The van der Waals surface area contributed by atoms with E-state index in [0.717, 1.165) is 43.5 Å². The van der Waals surface area contributed by atoms with Crippen LogP contribution in [0.2, 0.25) is 0 Å². The summed E-state index contributed by atoms with van der Waals surface area (Å²) in [6, 6.07) is 11.4. The van der Waals surface area contributed by atoms with Crippen molar-refractivity contribution in [3.63, 3.8) is 0 Å². The van der Waals surface area contributed by atoms with E-state index < -0.39 is 11.6 Å². The van der Waals surface area contributed by atoms with E-state index in [0.29, 0.717) is 17.4 Å². The summed E-state index contributed by atoms with van der Waals surface area (Å²) in [5.74, 6) is 1.39. The number of ether oxygens (including phenoxy) is 2. The number of nitrogens with zero attached hydrogens (tertiary/aromatic N) is 1. The first-order chi connectivity index (χ1) is 13.5. The Morgan fingerprint density at radius 1 is 1.11 bits per heavy atom. The second-order valence-electron chi connectivity index (χ2n) is 7.69. The van der Waals surface area contributed by atoms with Crippen molar-refractivity contribution in [2.75, 3.05) is 26.7 Å². The number of aromatic hydroxyl groups is 1. The highest BCUT2D eigenvalue weighted by Gasteiger charge is 2.42. The lowest BCUT2D eigenvalue weighted by Crippen LogP contribution is -2.30. The highest BCUT2D eigenvalue weighted by Crippen LogP contribution is 2.40. The number of benzene rings is 2. The summed E-state index contributed by atoms with van der Waals surface area (Å²) in [7, 11) is 1.64. The number of ketones is 1. The highest BCUT2D eigenvalue weighted by atomic mass is 19.1. The molecular formula is C22H24FNO4. The quantitative estimate of drug-likeness (QED) is 0.771. The average molecular weight is 385 g/mol. The van der Waals surface area contributed by atoms with Crippen molar-refractivity contribution in [2.24, 2.45) is 11.8 Å². The number of phenols is 1. The van der Waals surface area contributed by atoms with Gasteiger partial charge in [0, 0.05) is 18.7 Å². The number of hydrogen-bond acceptors (Lipinski definition) is 5. The third-order valence-electron chi connectivity index (χ3n) is 5.78. The Morgan fingerprint density at radius 3 is 2.36 bits per heavy atom. The van der Waals surface area contributed by atoms with Crippen molar-refractivity contribution >= 4 is 5.78 Å². The molecule has 6 heteroatoms. The van der Waals surface area contributed by atoms with Crippen LogP contribution in [-0.2, 0) is 0 Å². The van der Waals surface area contributed by atoms with Crippen LogP contribution in [0.4, 0.5) is 4.39 Å². The molecule has 4 rings (SSSR count). The maximum absolute atomic E-state index is 13.5. The monoisotopic (exact) mass is 385 g/mol. The fourth-order valence-corrected chi connectivity index (χ4v) is 4.39. The van der Waals surface area contributed by atoms with Crippen LogP contribution < -0.4 is 9.47 Å². The lowest BCUT2D eigenvalue weighted by molar-refractivity contribution is 0.0936. The summed E-state index contributed by atoms with van der Waals surface area (Å²) >= 11 is 0. The maximum atomic E-state index is 13.5. The minimum Gasteiger partial charge on any atom is -0.505 e. The van der Waals surface area contributed by atoms with Gasteiger partial charge in [0.15, 0.2) is 17.3 Å². The molecule has 0 spiro atoms. The van der Waals surface area contributed by atoms with Crippen LogP contribution in [0.5, 0.6) is 17.2 Å². The van der Waals surface area contributed by atoms with Gasteiger partial charge in [0.1, 0.15) is 11.5 Å². The zero-order valence-electron chi connectivity index (χ0n) is 15.8. The normalized spacial score (nSPS) is 24.1. The Morgan fingerprint density at radius 2 is 1.75 bits per heavy atom. The largest absolute Gasteiger partial charge is 0.505 e. The van der Waals surface area contributed by atoms with Gasteiger partial charge in [-0.2, -0.15) is 0 Å². The topological polar surface area (TPSA) is 59.0 Å². The standard InChI is InChI=1S/C22H24FNO4/c1-27-17-3-5-18(6-4-17)28-19-8-15-11-24(12-16(15)9-19)13-22(26)14-2-7-21(25)20(23)10-14/h2-7,10,15-16,19,25H,8-9,11-13H2,1H3/t15-,16?,19-/m1/s1. The van der Waals surface area contributed by atoms with Gasteiger partial charge in [0.2, 0.25) is 0 Å². The molecule has 1 aliphatic heterocycles. The van der Waals surface area contributed by atoms with Crippen LogP contribution in [0.1, 0.15) is 23.2 Å². The Hall–Kier alpha value is -2.60. The minimum atomic E-state index is -0.761. The fourth-order valence-electron chi connectivity index (χ4n) is 4.39. The number of fused-ring (bicyclic) bond motifs is 1. The van der Waals surface area contributed by atoms with E-state index in [1.54, 1.807) is 7.11 Å². The van der Waals surface area contributed by atoms with Crippen LogP contribution in [0.3, 0.4) is 0 Å². The Balaban J connectivity index is 1.28. The third kappa shape index (κ3) is 3.97. The molecule has 0 radical (unpaired) electrons. The molecule has 1 heterocycles. The van der Waals surface area contributed by atoms with Crippen molar-refractivity contribution in [3.05, 3.63) is 53.8 Å². The number of phenolic OH excluding ortho intramolecular Hbond substituents is 1. The summed E-state index contributed by atoms with van der Waals surface area (Å²) in [5, 5.41) is 9.26. The minimum absolute atomic E-state index is 0.120. The van der Waals surface area contributed by atoms with Crippen molar-refractivity contribution in [1.82, 2.24) is 4.90 Å². The van der Waals surface area contributed by atoms with Crippen LogP contribution in [0.15, 0.2) is 42.5 Å². The summed E-state index contributed by atoms with van der Waals surface area (Å²) in [6.07, 6.45) is 2.16. The fraction of sp³-hybridized carbons (Fsp3) is 0.409. The Kier molecular flexibility index (Phi) is 5.22. The third-order valence-corrected chi connectivity index (χ3v) is 5.78. The number of rotatable bonds is 6. The second-order valence-corrected chi connectivity index (χ2v) is 7.69. The van der Waals surface area contributed by atoms with Gasteiger partial charge in [-0.05, 0) is 67.1 Å². The van der Waals surface area contributed by atoms with Gasteiger partial charge in [-0.25, -0.2) is 4.39 Å². The number of likely N-dealkylation sites (tertiary alicyclic amines) is 1. The molecule has 2 aliphatic rings. The van der Waals surface area contributed by atoms with E-state index in [1.807, 2.05) is 24.3 Å². The van der Waals surface area contributed by atoms with Gasteiger partial charge >= 0.3 is 0 Å². The van der Waals surface area contributed by atoms with E-state index in [9.17, 15) is 14.3 Å². The molecule has 5 nitrogen and oxygen atoms in total. The molecule has 1 saturated carbocycles. The Labute approximate surface area is 163 Å². The van der Waals surface area contributed by atoms with Crippen LogP contribution >= 0.6 is 0 Å². The first-order valence-electron chi connectivity index (χ1n) is 9.56. The van der Waals surface area contributed by atoms with Gasteiger partial charge in [-0.3, -0.25) is 9.69 Å². The lowest BCUT2D eigenvalue weighted by atomic mass is 10.0. The molecule has 2 fully saturated rings. The lowest BCUT2D eigenvalue weighted by Gasteiger charge is -2.19. The molecule has 1 saturated heterocycles. The van der Waals surface area contributed by atoms with Crippen molar-refractivity contribution in [1.29, 1.82) is 0 Å². The smallest absolute Gasteiger partial charge is 0.176 e. The molecule has 28 heavy (non-hydrogen) atoms. The average Bonchev–Trinajstić information content (AvgIpc) is 3.22. The molecule has 2 aromatic rings. The van der Waals surface area contributed by atoms with E-state index >= 15 is 0 Å². The van der Waals surface area contributed by atoms with E-state index in [-0.39, 0.29) is 18.4 Å². The molecular weight excluding hydrogens is 361 g/mol. The highest BCUT2D eigenvalue weighted by molar-refractivity contribution is 5.97. The maximum Gasteiger partial charge on any atom is 0.176 e. The summed E-state index contributed by atoms with van der Waals surface area (Å²) in [4.78, 5) is 14.6. The zero-order chi connectivity index (χ0) is 19.7. The molecule has 0 bridgehead atoms. The van der Waals surface area contributed by atoms with Crippen molar-refractivity contribution in [2.45, 2.75) is 18.9 Å². The number of hydrogen-bond donors (Lipinski definition) is 1. The van der Waals surface area contributed by atoms with Gasteiger partial charge in [-0.1, -0.05) is 0 Å². The second kappa shape index (κ2) is 7.80. The number of carbonyl (C=O) groups is 1. The Bertz CT molecular complexity index is 840. The first kappa shape index (κ1) is 18.7. The summed E-state index contributed by atoms with van der Waals surface area (Å²) in [6.45, 7) is 2.00. The van der Waals surface area contributed by atoms with Gasteiger partial charge < -0.3 is 14.6 Å². The molecule has 1 N–H and O–H groups in total. The molecule has 0 aromatic heterocycles. The SMILES string of the molecule is COc1ccc(O[C@H]2CC3CN(CC(=O)c4ccc(O)c(F)c4)C[C@H]3C2)cc1. The number of methoxy groups -OCH3 is 1. The molecule has 3 atom stereocenters. The van der Waals surface area contributed by atoms with Gasteiger partial charge in [0.25, 0.3) is 0 Å². The number of carbonyl (C=O) groups excluding carboxylic acids is 1. The molecule has 1 unspecified atom stereocenters. The number of Topliss-reactive ketones (excluding diaryl/α,β-unsaturated/α-hetero) is 1. The van der Waals surface area contributed by atoms with Crippen LogP contribution in [0.25, 0.3) is 0 Å². The van der Waals surface area contributed by atoms with E-state index in [2.05, 4.69) is 4.90 Å². The number of halogens is 1. The van der Waals surface area contributed by atoms with E-state index in [4.69, 9.17) is 9.47 Å². The van der Waals surface area contributed by atoms with Crippen molar-refractivity contribution < 1.29 is 23.8 Å². The van der Waals surface area contributed by atoms with E-state index in [1.165, 1.54) is 12.1 Å². The molecule has 0 amide bonds. The van der Waals surface area contributed by atoms with Crippen molar-refractivity contribution in [3.8, 4) is 17.2 Å². The van der Waals surface area contributed by atoms with Gasteiger partial charge in [-0.15, -0.1) is 0 Å². The van der Waals surface area contributed by atoms with Crippen LogP contribution in [-0.4, -0.2) is 48.6 Å². The first-order valence-corrected chi connectivity index (χ1v) is 9.56. The van der Waals surface area contributed by atoms with Crippen LogP contribution in [0, 0.1) is 17.7 Å².